The summed E-state index contributed by atoms with van der Waals surface area (Å²) in [5.74, 6) is 1.94. The van der Waals surface area contributed by atoms with Crippen LogP contribution in [0.1, 0.15) is 345 Å². The van der Waals surface area contributed by atoms with Crippen molar-refractivity contribution in [3.63, 3.8) is 0 Å². The molecule has 0 bridgehead atoms. The second-order valence-electron chi connectivity index (χ2n) is 24.7. The van der Waals surface area contributed by atoms with Crippen LogP contribution in [0.3, 0.4) is 0 Å². The minimum absolute atomic E-state index is 0.618. The van der Waals surface area contributed by atoms with E-state index in [2.05, 4.69) is 107 Å². The van der Waals surface area contributed by atoms with Crippen molar-refractivity contribution in [2.75, 3.05) is 10.6 Å². The van der Waals surface area contributed by atoms with E-state index >= 15 is 0 Å². The molecule has 3 aromatic carbocycles. The lowest BCUT2D eigenvalue weighted by Crippen LogP contribution is -2.09. The first kappa shape index (κ1) is 68.8. The van der Waals surface area contributed by atoms with E-state index < -0.39 is 0 Å². The third kappa shape index (κ3) is 30.5. The summed E-state index contributed by atoms with van der Waals surface area (Å²) < 4.78 is 0. The Morgan fingerprint density at radius 1 is 0.263 bits per heavy atom. The standard InChI is InChI=1S/C75H125N5/c1-7-13-19-25-31-37-44-54-65-60-69(61-66(55-45-38-32-26-20-14-8-2)71(65)58-50-41-35-29-23-17-11-5)76-74-78-73(64-52-48-43-49-53-64)79-75(80-74)77-70-62-67(56-46-39-33-27-21-15-9-3)72(59-51-42-36-30-24-18-12-6)68(63-70)57-47-40-34-28-22-16-10-4/h43,48-49,52-53,60-63H,7-42,44-47,50-51,54-59H2,1-6H3,(H2,76,77,78,79,80). The molecule has 450 valence electrons. The van der Waals surface area contributed by atoms with E-state index in [-0.39, 0.29) is 0 Å². The molecular weight excluding hydrogens is 971 g/mol. The molecule has 0 saturated heterocycles. The average molecular weight is 1100 g/mol. The molecule has 0 aliphatic carbocycles. The predicted octanol–water partition coefficient (Wildman–Crippen LogP) is 24.8. The van der Waals surface area contributed by atoms with Crippen molar-refractivity contribution in [1.82, 2.24) is 15.0 Å². The van der Waals surface area contributed by atoms with E-state index in [0.717, 1.165) is 42.6 Å². The molecule has 5 heteroatoms. The Morgan fingerprint density at radius 3 is 0.762 bits per heavy atom. The first-order valence-electron chi connectivity index (χ1n) is 35.2. The van der Waals surface area contributed by atoms with E-state index in [9.17, 15) is 0 Å². The van der Waals surface area contributed by atoms with Crippen LogP contribution >= 0.6 is 0 Å². The maximum Gasteiger partial charge on any atom is 0.232 e. The smallest absolute Gasteiger partial charge is 0.232 e. The first-order valence-corrected chi connectivity index (χ1v) is 35.2. The number of unbranched alkanes of at least 4 members (excludes halogenated alkanes) is 36. The van der Waals surface area contributed by atoms with Gasteiger partial charge in [-0.3, -0.25) is 0 Å². The fourth-order valence-electron chi connectivity index (χ4n) is 12.3. The van der Waals surface area contributed by atoms with Gasteiger partial charge in [-0.25, -0.2) is 0 Å². The van der Waals surface area contributed by atoms with Crippen molar-refractivity contribution in [3.05, 3.63) is 88.0 Å². The van der Waals surface area contributed by atoms with Gasteiger partial charge in [0.05, 0.1) is 0 Å². The topological polar surface area (TPSA) is 62.7 Å². The highest BCUT2D eigenvalue weighted by molar-refractivity contribution is 5.66. The summed E-state index contributed by atoms with van der Waals surface area (Å²) in [6.07, 6.45) is 63.2. The van der Waals surface area contributed by atoms with Crippen molar-refractivity contribution < 1.29 is 0 Å². The second-order valence-corrected chi connectivity index (χ2v) is 24.7. The number of nitrogens with zero attached hydrogens (tertiary/aromatic N) is 3. The molecule has 1 heterocycles. The van der Waals surface area contributed by atoms with Crippen molar-refractivity contribution in [1.29, 1.82) is 0 Å². The molecular formula is C75H125N5. The summed E-state index contributed by atoms with van der Waals surface area (Å²) in [5, 5.41) is 7.75. The van der Waals surface area contributed by atoms with Crippen molar-refractivity contribution in [2.45, 2.75) is 350 Å². The lowest BCUT2D eigenvalue weighted by Gasteiger charge is -2.20. The SMILES string of the molecule is CCCCCCCCCc1cc(Nc2nc(Nc3cc(CCCCCCCCC)c(CCCCCCCCC)c(CCCCCCCCC)c3)nc(-c3ccccc3)n2)cc(CCCCCCCCC)c1CCCCCCCCC. The molecule has 0 radical (unpaired) electrons. The largest absolute Gasteiger partial charge is 0.324 e. The van der Waals surface area contributed by atoms with Crippen molar-refractivity contribution >= 4 is 23.3 Å². The summed E-state index contributed by atoms with van der Waals surface area (Å²) in [7, 11) is 0. The summed E-state index contributed by atoms with van der Waals surface area (Å²) >= 11 is 0. The predicted molar refractivity (Wildman–Crippen MR) is 355 cm³/mol. The monoisotopic (exact) mass is 1100 g/mol. The number of anilines is 4. The molecule has 0 atom stereocenters. The normalized spacial score (nSPS) is 11.5. The van der Waals surface area contributed by atoms with Gasteiger partial charge < -0.3 is 10.6 Å². The molecule has 0 spiro atoms. The fraction of sp³-hybridized carbons (Fsp3) is 0.720. The maximum atomic E-state index is 5.29. The Balaban J connectivity index is 1.74. The van der Waals surface area contributed by atoms with Gasteiger partial charge in [-0.15, -0.1) is 0 Å². The third-order valence-electron chi connectivity index (χ3n) is 17.3. The summed E-state index contributed by atoms with van der Waals surface area (Å²) in [6, 6.07) is 20.6. The Hall–Kier alpha value is -3.73. The molecule has 4 aromatic rings. The lowest BCUT2D eigenvalue weighted by atomic mass is 9.89. The highest BCUT2D eigenvalue weighted by Gasteiger charge is 2.17. The number of hydrogen-bond donors (Lipinski definition) is 2. The van der Waals surface area contributed by atoms with Gasteiger partial charge >= 0.3 is 0 Å². The third-order valence-corrected chi connectivity index (χ3v) is 17.3. The average Bonchev–Trinajstić information content (AvgIpc) is 3.47. The number of aromatic nitrogens is 3. The van der Waals surface area contributed by atoms with Crippen LogP contribution in [0.15, 0.2) is 54.6 Å². The fourth-order valence-corrected chi connectivity index (χ4v) is 12.3. The van der Waals surface area contributed by atoms with Gasteiger partial charge in [0.2, 0.25) is 11.9 Å². The van der Waals surface area contributed by atoms with E-state index in [0.29, 0.717) is 17.7 Å². The number of nitrogens with one attached hydrogen (secondary N) is 2. The Bertz CT molecular complexity index is 1890. The second kappa shape index (κ2) is 46.7. The van der Waals surface area contributed by atoms with Gasteiger partial charge in [-0.2, -0.15) is 15.0 Å². The zero-order valence-electron chi connectivity index (χ0n) is 53.5. The van der Waals surface area contributed by atoms with Crippen LogP contribution in [0.4, 0.5) is 23.3 Å². The summed E-state index contributed by atoms with van der Waals surface area (Å²) in [6.45, 7) is 14.0. The Labute approximate surface area is 495 Å². The highest BCUT2D eigenvalue weighted by atomic mass is 15.2. The molecule has 2 N–H and O–H groups in total. The van der Waals surface area contributed by atoms with Gasteiger partial charge in [0, 0.05) is 16.9 Å². The highest BCUT2D eigenvalue weighted by Crippen LogP contribution is 2.32. The molecule has 5 nitrogen and oxygen atoms in total. The van der Waals surface area contributed by atoms with E-state index in [4.69, 9.17) is 15.0 Å². The van der Waals surface area contributed by atoms with Crippen LogP contribution < -0.4 is 10.6 Å². The number of aryl methyl sites for hydroxylation is 4. The Kier molecular flexibility index (Phi) is 40.2. The molecule has 0 amide bonds. The van der Waals surface area contributed by atoms with Crippen LogP contribution in [0.25, 0.3) is 11.4 Å². The maximum absolute atomic E-state index is 5.29. The molecule has 80 heavy (non-hydrogen) atoms. The molecule has 0 fully saturated rings. The first-order chi connectivity index (χ1) is 39.5. The summed E-state index contributed by atoms with van der Waals surface area (Å²) in [5.41, 5.74) is 12.8. The number of benzene rings is 3. The van der Waals surface area contributed by atoms with Crippen molar-refractivity contribution in [2.24, 2.45) is 0 Å². The molecule has 0 saturated carbocycles. The Morgan fingerprint density at radius 2 is 0.500 bits per heavy atom. The van der Waals surface area contributed by atoms with Gasteiger partial charge in [0.25, 0.3) is 0 Å². The van der Waals surface area contributed by atoms with Gasteiger partial charge in [0.1, 0.15) is 0 Å². The minimum Gasteiger partial charge on any atom is -0.324 e. The molecule has 0 unspecified atom stereocenters. The quantitative estimate of drug-likeness (QED) is 0.0432. The summed E-state index contributed by atoms with van der Waals surface area (Å²) in [4.78, 5) is 15.8. The zero-order chi connectivity index (χ0) is 56.8. The molecule has 0 aliphatic heterocycles. The number of hydrogen-bond acceptors (Lipinski definition) is 5. The van der Waals surface area contributed by atoms with Crippen LogP contribution in [-0.4, -0.2) is 15.0 Å². The lowest BCUT2D eigenvalue weighted by molar-refractivity contribution is 0.578. The van der Waals surface area contributed by atoms with Crippen molar-refractivity contribution in [3.8, 4) is 11.4 Å². The zero-order valence-corrected chi connectivity index (χ0v) is 53.5. The van der Waals surface area contributed by atoms with Gasteiger partial charge in [-0.05, 0) is 135 Å². The molecule has 0 aliphatic rings. The van der Waals surface area contributed by atoms with E-state index in [1.807, 2.05) is 0 Å². The van der Waals surface area contributed by atoms with Crippen LogP contribution in [0, 0.1) is 0 Å². The van der Waals surface area contributed by atoms with Gasteiger partial charge in [0.15, 0.2) is 5.82 Å². The van der Waals surface area contributed by atoms with E-state index in [1.165, 1.54) is 283 Å². The number of rotatable bonds is 53. The van der Waals surface area contributed by atoms with Crippen LogP contribution in [-0.2, 0) is 38.5 Å². The molecule has 4 rings (SSSR count). The van der Waals surface area contributed by atoms with E-state index in [1.54, 1.807) is 33.4 Å². The van der Waals surface area contributed by atoms with Gasteiger partial charge in [-0.1, -0.05) is 303 Å². The van der Waals surface area contributed by atoms with Crippen LogP contribution in [0.2, 0.25) is 0 Å². The molecule has 1 aromatic heterocycles. The van der Waals surface area contributed by atoms with Crippen LogP contribution in [0.5, 0.6) is 0 Å². The minimum atomic E-state index is 0.618.